The van der Waals surface area contributed by atoms with E-state index in [0.29, 0.717) is 16.7 Å². The third-order valence-corrected chi connectivity index (χ3v) is 8.97. The first-order chi connectivity index (χ1) is 19.2. The maximum absolute atomic E-state index is 14.2. The number of rotatable bonds is 5. The van der Waals surface area contributed by atoms with Crippen LogP contribution >= 0.6 is 0 Å². The Balaban J connectivity index is 1.71. The lowest BCUT2D eigenvalue weighted by Gasteiger charge is -2.56. The molecule has 0 saturated heterocycles. The molecule has 3 aliphatic carbocycles. The summed E-state index contributed by atoms with van der Waals surface area (Å²) in [7, 11) is 2.88. The van der Waals surface area contributed by atoms with E-state index in [4.69, 9.17) is 5.73 Å². The number of fused-ring (bicyclic) bond motifs is 3. The molecule has 11 heteroatoms. The molecular weight excluding hydrogens is 532 g/mol. The predicted molar refractivity (Wildman–Crippen MR) is 142 cm³/mol. The monoisotopic (exact) mass is 562 g/mol. The van der Waals surface area contributed by atoms with Crippen molar-refractivity contribution in [3.63, 3.8) is 0 Å². The first kappa shape index (κ1) is 28.5. The molecule has 2 fully saturated rings. The summed E-state index contributed by atoms with van der Waals surface area (Å²) in [5, 5.41) is 34.4. The summed E-state index contributed by atoms with van der Waals surface area (Å²) in [6.45, 7) is 1.42. The number of phenols is 1. The number of hydrogen-bond acceptors (Lipinski definition) is 10. The largest absolute Gasteiger partial charge is 0.507 e. The minimum Gasteiger partial charge on any atom is -0.507 e. The molecule has 11 nitrogen and oxygen atoms in total. The van der Waals surface area contributed by atoms with Crippen LogP contribution in [-0.4, -0.2) is 86.9 Å². The van der Waals surface area contributed by atoms with Crippen molar-refractivity contribution >= 4 is 34.8 Å². The number of benzene rings is 2. The lowest BCUT2D eigenvalue weighted by molar-refractivity contribution is -0.197. The lowest BCUT2D eigenvalue weighted by Crippen LogP contribution is -2.77. The minimum absolute atomic E-state index is 0.140. The van der Waals surface area contributed by atoms with Gasteiger partial charge in [-0.15, -0.1) is 0 Å². The highest BCUT2D eigenvalue weighted by Crippen LogP contribution is 2.55. The second-order valence-electron chi connectivity index (χ2n) is 11.4. The van der Waals surface area contributed by atoms with Gasteiger partial charge in [0.15, 0.2) is 40.4 Å². The molecule has 1 amide bonds. The number of amides is 1. The Morgan fingerprint density at radius 2 is 1.63 bits per heavy atom. The molecule has 41 heavy (non-hydrogen) atoms. The third kappa shape index (κ3) is 3.98. The molecule has 0 bridgehead atoms. The summed E-state index contributed by atoms with van der Waals surface area (Å²) in [6.07, 6.45) is -1.59. The number of carbonyl (C=O) groups is 6. The summed E-state index contributed by atoms with van der Waals surface area (Å²) >= 11 is 0. The van der Waals surface area contributed by atoms with Crippen LogP contribution in [0.15, 0.2) is 42.5 Å². The first-order valence-corrected chi connectivity index (χ1v) is 13.2. The number of hydrogen-bond donors (Lipinski definition) is 4. The molecule has 8 atom stereocenters. The van der Waals surface area contributed by atoms with Gasteiger partial charge >= 0.3 is 0 Å². The number of nitrogens with two attached hydrogens (primary N) is 1. The van der Waals surface area contributed by atoms with Crippen molar-refractivity contribution in [2.75, 3.05) is 14.1 Å². The number of nitrogens with zero attached hydrogens (tertiary/aromatic N) is 1. The van der Waals surface area contributed by atoms with Gasteiger partial charge in [0.1, 0.15) is 5.75 Å². The molecule has 0 aliphatic heterocycles. The molecule has 5 N–H and O–H groups in total. The van der Waals surface area contributed by atoms with Crippen molar-refractivity contribution in [1.29, 1.82) is 0 Å². The van der Waals surface area contributed by atoms with E-state index in [0.717, 1.165) is 0 Å². The van der Waals surface area contributed by atoms with Gasteiger partial charge in [-0.05, 0) is 50.6 Å². The van der Waals surface area contributed by atoms with Gasteiger partial charge in [0.05, 0.1) is 29.5 Å². The topological polar surface area (TPSA) is 192 Å². The SMILES string of the molecule is CC(=O)c1ccc(CC2c3cccc(O)c3C(=O)C3C(=O)[C@]4(O)C(=O)C(C(N)=O)C(=O)[C@@H](N(C)C)[C@@H]4[C@@H](O)[C@@H]32)cc1. The van der Waals surface area contributed by atoms with Crippen molar-refractivity contribution < 1.29 is 44.1 Å². The van der Waals surface area contributed by atoms with Crippen LogP contribution in [0.25, 0.3) is 0 Å². The Bertz CT molecular complexity index is 1510. The van der Waals surface area contributed by atoms with Crippen LogP contribution in [0.1, 0.15) is 44.7 Å². The zero-order chi connectivity index (χ0) is 30.1. The Morgan fingerprint density at radius 3 is 2.20 bits per heavy atom. The fraction of sp³-hybridized carbons (Fsp3) is 0.400. The summed E-state index contributed by atoms with van der Waals surface area (Å²) in [6, 6.07) is 9.58. The number of primary amides is 1. The number of carbonyl (C=O) groups excluding carboxylic acids is 6. The van der Waals surface area contributed by atoms with E-state index >= 15 is 0 Å². The first-order valence-electron chi connectivity index (χ1n) is 13.2. The molecule has 2 saturated carbocycles. The van der Waals surface area contributed by atoms with Gasteiger partial charge in [-0.2, -0.15) is 0 Å². The average Bonchev–Trinajstić information content (AvgIpc) is 2.90. The second-order valence-corrected chi connectivity index (χ2v) is 11.4. The molecule has 3 aliphatic rings. The lowest BCUT2D eigenvalue weighted by atomic mass is 9.49. The molecular formula is C30H30N2O9. The maximum Gasteiger partial charge on any atom is 0.235 e. The molecule has 2 aromatic carbocycles. The summed E-state index contributed by atoms with van der Waals surface area (Å²) < 4.78 is 0. The Labute approximate surface area is 234 Å². The van der Waals surface area contributed by atoms with E-state index in [1.54, 1.807) is 30.3 Å². The van der Waals surface area contributed by atoms with E-state index in [2.05, 4.69) is 0 Å². The molecule has 0 heterocycles. The summed E-state index contributed by atoms with van der Waals surface area (Å²) in [5.74, 6) is -14.0. The number of aliphatic hydroxyl groups excluding tert-OH is 1. The highest BCUT2D eigenvalue weighted by Gasteiger charge is 2.73. The molecule has 3 unspecified atom stereocenters. The fourth-order valence-corrected chi connectivity index (χ4v) is 7.14. The fourth-order valence-electron chi connectivity index (χ4n) is 7.14. The van der Waals surface area contributed by atoms with Crippen LogP contribution < -0.4 is 5.73 Å². The highest BCUT2D eigenvalue weighted by atomic mass is 16.3. The van der Waals surface area contributed by atoms with Crippen molar-refractivity contribution in [3.8, 4) is 5.75 Å². The third-order valence-electron chi connectivity index (χ3n) is 8.97. The standard InChI is InChI=1S/C30H30N2O9/c1-12(33)14-9-7-13(8-10-14)11-16-15-5-4-6-17(34)18(15)24(35)20-19(16)25(36)22-23(32(2)3)26(37)21(29(31)40)28(39)30(22,41)27(20)38/h4-10,16,19-23,25,34,36,41H,11H2,1-3H3,(H2,31,40)/t16?,19-,20?,21?,22-,23+,25+,30+/m1/s1. The van der Waals surface area contributed by atoms with Gasteiger partial charge in [-0.1, -0.05) is 36.4 Å². The maximum atomic E-state index is 14.2. The number of likely N-dealkylation sites (N-methyl/N-ethyl adjacent to an activating group) is 1. The van der Waals surface area contributed by atoms with Crippen LogP contribution in [0, 0.1) is 23.7 Å². The van der Waals surface area contributed by atoms with E-state index < -0.39 is 82.1 Å². The van der Waals surface area contributed by atoms with Gasteiger partial charge in [-0.3, -0.25) is 33.7 Å². The van der Waals surface area contributed by atoms with E-state index in [1.807, 2.05) is 0 Å². The van der Waals surface area contributed by atoms with Gasteiger partial charge < -0.3 is 21.1 Å². The smallest absolute Gasteiger partial charge is 0.235 e. The van der Waals surface area contributed by atoms with Crippen molar-refractivity contribution in [1.82, 2.24) is 4.90 Å². The van der Waals surface area contributed by atoms with Crippen LogP contribution in [0.5, 0.6) is 5.75 Å². The van der Waals surface area contributed by atoms with Crippen LogP contribution in [0.4, 0.5) is 0 Å². The van der Waals surface area contributed by atoms with Crippen molar-refractivity contribution in [2.45, 2.75) is 37.0 Å². The van der Waals surface area contributed by atoms with Gasteiger partial charge in [0, 0.05) is 11.5 Å². The molecule has 0 radical (unpaired) electrons. The van der Waals surface area contributed by atoms with Crippen molar-refractivity contribution in [3.05, 3.63) is 64.7 Å². The molecule has 0 spiro atoms. The van der Waals surface area contributed by atoms with Gasteiger partial charge in [0.25, 0.3) is 0 Å². The highest BCUT2D eigenvalue weighted by molar-refractivity contribution is 6.32. The minimum atomic E-state index is -3.06. The zero-order valence-corrected chi connectivity index (χ0v) is 22.6. The summed E-state index contributed by atoms with van der Waals surface area (Å²) in [4.78, 5) is 80.1. The van der Waals surface area contributed by atoms with Gasteiger partial charge in [-0.25, -0.2) is 0 Å². The van der Waals surface area contributed by atoms with Crippen LogP contribution in [-0.2, 0) is 25.6 Å². The van der Waals surface area contributed by atoms with E-state index in [9.17, 15) is 44.1 Å². The molecule has 0 aromatic heterocycles. The number of Topliss-reactive ketones (excluding diaryl/α,β-unsaturated/α-hetero) is 5. The normalized spacial score (nSPS) is 32.8. The Morgan fingerprint density at radius 1 is 1.00 bits per heavy atom. The number of aromatic hydroxyl groups is 1. The molecule has 2 aromatic rings. The Hall–Kier alpha value is -4.06. The van der Waals surface area contributed by atoms with E-state index in [-0.39, 0.29) is 17.8 Å². The van der Waals surface area contributed by atoms with Crippen LogP contribution in [0.2, 0.25) is 0 Å². The predicted octanol–water partition coefficient (Wildman–Crippen LogP) is -0.176. The average molecular weight is 563 g/mol. The second kappa shape index (κ2) is 9.79. The Kier molecular flexibility index (Phi) is 6.80. The zero-order valence-electron chi connectivity index (χ0n) is 22.6. The number of phenolic OH excluding ortho intramolecular Hbond substituents is 1. The van der Waals surface area contributed by atoms with Crippen LogP contribution in [0.3, 0.4) is 0 Å². The molecule has 5 rings (SSSR count). The number of aliphatic hydroxyl groups is 2. The van der Waals surface area contributed by atoms with E-state index in [1.165, 1.54) is 38.1 Å². The number of ketones is 5. The quantitative estimate of drug-likeness (QED) is 0.281. The summed E-state index contributed by atoms with van der Waals surface area (Å²) in [5.41, 5.74) is 3.63. The van der Waals surface area contributed by atoms with Gasteiger partial charge in [0.2, 0.25) is 5.91 Å². The molecule has 214 valence electrons. The van der Waals surface area contributed by atoms with Crippen molar-refractivity contribution in [2.24, 2.45) is 29.4 Å².